The zero-order valence-electron chi connectivity index (χ0n) is 10.0. The molecule has 2 unspecified atom stereocenters. The van der Waals surface area contributed by atoms with Crippen molar-refractivity contribution < 1.29 is 9.59 Å². The van der Waals surface area contributed by atoms with Gasteiger partial charge in [0.1, 0.15) is 0 Å². The Morgan fingerprint density at radius 1 is 0.889 bits per heavy atom. The third-order valence-electron chi connectivity index (χ3n) is 4.29. The maximum atomic E-state index is 12.3. The number of benzene rings is 1. The Bertz CT molecular complexity index is 507. The number of rotatable bonds is 1. The van der Waals surface area contributed by atoms with E-state index in [-0.39, 0.29) is 11.8 Å². The standard InChI is InChI=1S/C14H14N2O2/c17-13-9-5-1-2-6-10(9)14(18)16(13)15-11-7-3-4-8-12(11)15/h1-2,5-6,11-12H,3-4,7-8H2. The molecule has 2 fully saturated rings. The van der Waals surface area contributed by atoms with Gasteiger partial charge in [0.05, 0.1) is 11.1 Å². The van der Waals surface area contributed by atoms with Crippen molar-refractivity contribution in [1.29, 1.82) is 0 Å². The van der Waals surface area contributed by atoms with E-state index in [0.29, 0.717) is 23.2 Å². The van der Waals surface area contributed by atoms with Gasteiger partial charge in [-0.2, -0.15) is 0 Å². The van der Waals surface area contributed by atoms with Gasteiger partial charge < -0.3 is 0 Å². The third kappa shape index (κ3) is 1.18. The molecule has 4 rings (SSSR count). The quantitative estimate of drug-likeness (QED) is 0.557. The highest BCUT2D eigenvalue weighted by atomic mass is 16.2. The van der Waals surface area contributed by atoms with Crippen LogP contribution in [0.3, 0.4) is 0 Å². The number of carbonyl (C=O) groups excluding carboxylic acids is 2. The lowest BCUT2D eigenvalue weighted by Gasteiger charge is -2.15. The lowest BCUT2D eigenvalue weighted by molar-refractivity contribution is 0.0343. The molecule has 4 heteroatoms. The summed E-state index contributed by atoms with van der Waals surface area (Å²) in [5, 5.41) is 3.38. The van der Waals surface area contributed by atoms with Crippen LogP contribution >= 0.6 is 0 Å². The number of hydrogen-bond donors (Lipinski definition) is 0. The zero-order valence-corrected chi connectivity index (χ0v) is 10.0. The zero-order chi connectivity index (χ0) is 12.3. The van der Waals surface area contributed by atoms with Gasteiger partial charge >= 0.3 is 0 Å². The molecule has 4 nitrogen and oxygen atoms in total. The molecule has 2 atom stereocenters. The second kappa shape index (κ2) is 3.42. The maximum Gasteiger partial charge on any atom is 0.276 e. The van der Waals surface area contributed by atoms with Gasteiger partial charge in [-0.15, -0.1) is 0 Å². The molecular formula is C14H14N2O2. The van der Waals surface area contributed by atoms with E-state index in [9.17, 15) is 9.59 Å². The summed E-state index contributed by atoms with van der Waals surface area (Å²) in [5.41, 5.74) is 1.09. The fourth-order valence-corrected chi connectivity index (χ4v) is 3.36. The van der Waals surface area contributed by atoms with Crippen molar-refractivity contribution in [2.45, 2.75) is 37.8 Å². The molecule has 1 saturated heterocycles. The molecule has 2 amide bonds. The first-order chi connectivity index (χ1) is 8.79. The Morgan fingerprint density at radius 2 is 1.39 bits per heavy atom. The second-order valence-corrected chi connectivity index (χ2v) is 5.27. The van der Waals surface area contributed by atoms with E-state index in [0.717, 1.165) is 12.8 Å². The van der Waals surface area contributed by atoms with Crippen molar-refractivity contribution in [2.24, 2.45) is 0 Å². The maximum absolute atomic E-state index is 12.3. The molecule has 1 saturated carbocycles. The Hall–Kier alpha value is -1.68. The summed E-state index contributed by atoms with van der Waals surface area (Å²) in [7, 11) is 0. The van der Waals surface area contributed by atoms with Crippen molar-refractivity contribution >= 4 is 11.8 Å². The summed E-state index contributed by atoms with van der Waals surface area (Å²) >= 11 is 0. The Morgan fingerprint density at radius 3 is 1.89 bits per heavy atom. The number of hydrogen-bond acceptors (Lipinski definition) is 3. The van der Waals surface area contributed by atoms with E-state index in [1.807, 2.05) is 17.1 Å². The van der Waals surface area contributed by atoms with E-state index in [1.54, 1.807) is 12.1 Å². The SMILES string of the molecule is O=C1c2ccccc2C(=O)N1N1C2CCCCC21. The molecule has 92 valence electrons. The van der Waals surface area contributed by atoms with Gasteiger partial charge in [0.2, 0.25) is 0 Å². The summed E-state index contributed by atoms with van der Waals surface area (Å²) in [6.07, 6.45) is 4.64. The van der Waals surface area contributed by atoms with E-state index in [2.05, 4.69) is 0 Å². The topological polar surface area (TPSA) is 40.4 Å². The van der Waals surface area contributed by atoms with Gasteiger partial charge in [0.25, 0.3) is 11.8 Å². The van der Waals surface area contributed by atoms with E-state index in [4.69, 9.17) is 0 Å². The van der Waals surface area contributed by atoms with Crippen LogP contribution < -0.4 is 0 Å². The molecule has 1 aromatic carbocycles. The Balaban J connectivity index is 1.69. The number of hydrazine groups is 1. The highest BCUT2D eigenvalue weighted by Crippen LogP contribution is 2.44. The molecule has 3 aliphatic rings. The summed E-state index contributed by atoms with van der Waals surface area (Å²) in [5.74, 6) is -0.296. The number of fused-ring (bicyclic) bond motifs is 2. The molecule has 0 radical (unpaired) electrons. The molecule has 0 bridgehead atoms. The largest absolute Gasteiger partial charge is 0.276 e. The first-order valence-corrected chi connectivity index (χ1v) is 6.55. The molecule has 1 aliphatic carbocycles. The molecule has 2 heterocycles. The van der Waals surface area contributed by atoms with Gasteiger partial charge in [-0.05, 0) is 25.0 Å². The minimum atomic E-state index is -0.148. The predicted octanol–water partition coefficient (Wildman–Crippen LogP) is 1.82. The van der Waals surface area contributed by atoms with Crippen molar-refractivity contribution in [3.8, 4) is 0 Å². The molecule has 2 aliphatic heterocycles. The van der Waals surface area contributed by atoms with E-state index in [1.165, 1.54) is 17.9 Å². The number of amides is 2. The highest BCUT2D eigenvalue weighted by molar-refractivity contribution is 6.21. The van der Waals surface area contributed by atoms with Crippen molar-refractivity contribution in [1.82, 2.24) is 10.0 Å². The minimum absolute atomic E-state index is 0.148. The van der Waals surface area contributed by atoms with Crippen molar-refractivity contribution in [2.75, 3.05) is 0 Å². The van der Waals surface area contributed by atoms with Crippen LogP contribution in [0, 0.1) is 0 Å². The summed E-state index contributed by atoms with van der Waals surface area (Å²) in [6.45, 7) is 0. The Kier molecular flexibility index (Phi) is 1.95. The molecular weight excluding hydrogens is 228 g/mol. The van der Waals surface area contributed by atoms with Crippen LogP contribution in [-0.4, -0.2) is 33.9 Å². The summed E-state index contributed by atoms with van der Waals surface area (Å²) in [6, 6.07) is 7.93. The fraction of sp³-hybridized carbons (Fsp3) is 0.429. The first kappa shape index (κ1) is 10.3. The van der Waals surface area contributed by atoms with Crippen LogP contribution in [0.15, 0.2) is 24.3 Å². The van der Waals surface area contributed by atoms with E-state index < -0.39 is 0 Å². The van der Waals surface area contributed by atoms with Gasteiger partial charge in [-0.1, -0.05) is 25.0 Å². The van der Waals surface area contributed by atoms with Crippen LogP contribution in [0.1, 0.15) is 46.4 Å². The van der Waals surface area contributed by atoms with Crippen LogP contribution in [-0.2, 0) is 0 Å². The fourth-order valence-electron chi connectivity index (χ4n) is 3.36. The van der Waals surface area contributed by atoms with Gasteiger partial charge in [-0.3, -0.25) is 9.59 Å². The molecule has 18 heavy (non-hydrogen) atoms. The molecule has 1 aromatic rings. The van der Waals surface area contributed by atoms with Crippen molar-refractivity contribution in [3.05, 3.63) is 35.4 Å². The molecule has 0 spiro atoms. The van der Waals surface area contributed by atoms with E-state index >= 15 is 0 Å². The normalized spacial score (nSPS) is 33.3. The van der Waals surface area contributed by atoms with Gasteiger partial charge in [-0.25, -0.2) is 10.0 Å². The van der Waals surface area contributed by atoms with Gasteiger partial charge in [0.15, 0.2) is 0 Å². The number of carbonyl (C=O) groups is 2. The minimum Gasteiger partial charge on any atom is -0.267 e. The first-order valence-electron chi connectivity index (χ1n) is 6.55. The second-order valence-electron chi connectivity index (χ2n) is 5.27. The average molecular weight is 242 g/mol. The highest BCUT2D eigenvalue weighted by Gasteiger charge is 2.57. The van der Waals surface area contributed by atoms with Crippen LogP contribution in [0.25, 0.3) is 0 Å². The Labute approximate surface area is 105 Å². The lowest BCUT2D eigenvalue weighted by atomic mass is 10.0. The third-order valence-corrected chi connectivity index (χ3v) is 4.29. The molecule has 0 aromatic heterocycles. The van der Waals surface area contributed by atoms with Gasteiger partial charge in [0, 0.05) is 12.1 Å². The van der Waals surface area contributed by atoms with Crippen LogP contribution in [0.2, 0.25) is 0 Å². The van der Waals surface area contributed by atoms with Crippen molar-refractivity contribution in [3.63, 3.8) is 0 Å². The smallest absolute Gasteiger partial charge is 0.267 e. The lowest BCUT2D eigenvalue weighted by Crippen LogP contribution is -2.37. The summed E-state index contributed by atoms with van der Waals surface area (Å²) in [4.78, 5) is 24.6. The number of imide groups is 1. The number of nitrogens with zero attached hydrogens (tertiary/aromatic N) is 2. The van der Waals surface area contributed by atoms with Crippen LogP contribution in [0.4, 0.5) is 0 Å². The average Bonchev–Trinajstić information content (AvgIpc) is 3.07. The van der Waals surface area contributed by atoms with Crippen LogP contribution in [0.5, 0.6) is 0 Å². The monoisotopic (exact) mass is 242 g/mol. The summed E-state index contributed by atoms with van der Waals surface area (Å²) < 4.78 is 0. The molecule has 0 N–H and O–H groups in total. The predicted molar refractivity (Wildman–Crippen MR) is 64.8 cm³/mol.